The number of hydrogen-bond donors (Lipinski definition) is 6. The second kappa shape index (κ2) is 13.0. The van der Waals surface area contributed by atoms with Gasteiger partial charge in [-0.25, -0.2) is 25.1 Å². The maximum absolute atomic E-state index is 12.0. The molecular formula is C7H14O25S6. The Hall–Kier alpha value is -1.11. The molecule has 228 valence electrons. The van der Waals surface area contributed by atoms with Crippen LogP contribution in [0.1, 0.15) is 0 Å². The average molecular weight is 697 g/mol. The number of carbonyl (C=O) groups is 1. The molecule has 6 N–H and O–H groups in total. The first-order valence-electron chi connectivity index (χ1n) is 10.2. The van der Waals surface area contributed by atoms with Crippen LogP contribution in [-0.4, -0.2) is 121 Å². The van der Waals surface area contributed by atoms with E-state index in [1.807, 2.05) is 0 Å². The van der Waals surface area contributed by atoms with E-state index in [-0.39, 0.29) is 0 Å². The molecule has 0 aromatic heterocycles. The molecule has 0 unspecified atom stereocenters. The molecule has 0 radical (unpaired) electrons. The molecule has 38 heavy (non-hydrogen) atoms. The first kappa shape index (κ1) is 27.1. The van der Waals surface area contributed by atoms with Crippen LogP contribution in [0.4, 0.5) is 0 Å². The van der Waals surface area contributed by atoms with Crippen LogP contribution in [-0.2, 0) is 92.3 Å². The SMILES string of the molecule is [2H]OS(=O)(=O)OC[C@@H](OS(=O)(=O)O[2H])[C@@H](OS(=O)(=O)O[2H])[C@H](OS(=O)(=O)O[2H])[C@@H](OS(=O)(=O)O[2H])[C@H](C=O)OS(=O)(=O)O[2H]. The number of carbonyl (C=O) groups excluding carboxylic acids is 1. The van der Waals surface area contributed by atoms with Crippen molar-refractivity contribution < 1.29 is 108 Å². The van der Waals surface area contributed by atoms with Crippen LogP contribution in [0.2, 0.25) is 0 Å². The fourth-order valence-electron chi connectivity index (χ4n) is 2.10. The molecule has 0 bridgehead atoms. The van der Waals surface area contributed by atoms with Gasteiger partial charge in [-0.15, -0.1) is 0 Å². The van der Waals surface area contributed by atoms with Crippen LogP contribution < -0.4 is 0 Å². The second-order valence-electron chi connectivity index (χ2n) is 5.75. The standard InChI is InChI=1S/C7H14O25S6/c8-1-3(28-34(12,13)14)5(30-36(18,19)20)7(32-38(24,25)26)6(31-37(21,22)23)4(29-35(15,16)17)2-27-33(9,10)11/h1,3-7H,2H2,(H,9,10,11)(H,12,13,14)(H,15,16,17)(H,18,19,20)(H,21,22,23)(H,24,25,26)/t3-,4+,5-,6+,7+/m0/s1/i/hD6. The Labute approximate surface area is 222 Å². The first-order chi connectivity index (χ1) is 19.9. The van der Waals surface area contributed by atoms with E-state index in [0.717, 1.165) is 0 Å². The molecule has 0 aliphatic carbocycles. The van der Waals surface area contributed by atoms with Crippen molar-refractivity contribution in [2.24, 2.45) is 0 Å². The van der Waals surface area contributed by atoms with Gasteiger partial charge in [-0.2, -0.15) is 50.5 Å². The van der Waals surface area contributed by atoms with Gasteiger partial charge in [0, 0.05) is 0 Å². The van der Waals surface area contributed by atoms with Gasteiger partial charge in [-0.05, 0) is 0 Å². The van der Waals surface area contributed by atoms with E-state index in [1.54, 1.807) is 0 Å². The van der Waals surface area contributed by atoms with Gasteiger partial charge in [0.25, 0.3) is 0 Å². The zero-order valence-corrected chi connectivity index (χ0v) is 21.7. The van der Waals surface area contributed by atoms with Crippen molar-refractivity contribution in [3.8, 4) is 0 Å². The molecule has 0 heterocycles. The Morgan fingerprint density at radius 2 is 0.895 bits per heavy atom. The van der Waals surface area contributed by atoms with Gasteiger partial charge < -0.3 is 4.79 Å². The van der Waals surface area contributed by atoms with Gasteiger partial charge >= 0.3 is 62.4 Å². The molecule has 31 heteroatoms. The molecule has 0 saturated heterocycles. The summed E-state index contributed by atoms with van der Waals surface area (Å²) in [5.41, 5.74) is 0. The van der Waals surface area contributed by atoms with E-state index in [2.05, 4.69) is 52.4 Å². The lowest BCUT2D eigenvalue weighted by Gasteiger charge is -2.34. The summed E-state index contributed by atoms with van der Waals surface area (Å²) in [6.45, 7) is -2.14. The van der Waals surface area contributed by atoms with E-state index in [9.17, 15) is 55.3 Å². The normalized spacial score (nSPS) is 20.3. The van der Waals surface area contributed by atoms with Crippen molar-refractivity contribution in [3.63, 3.8) is 0 Å². The third-order valence-corrected chi connectivity index (χ3v) is 5.75. The highest BCUT2D eigenvalue weighted by Crippen LogP contribution is 2.26. The highest BCUT2D eigenvalue weighted by atomic mass is 32.3. The fourth-order valence-corrected chi connectivity index (χ4v) is 4.78. The third-order valence-electron chi connectivity index (χ3n) is 3.01. The zero-order chi connectivity index (χ0) is 34.8. The summed E-state index contributed by atoms with van der Waals surface area (Å²) in [7, 11) is -35.4. The minimum atomic E-state index is -6.09. The van der Waals surface area contributed by atoms with Crippen LogP contribution in [0.5, 0.6) is 0 Å². The van der Waals surface area contributed by atoms with E-state index in [1.165, 1.54) is 0 Å². The van der Waals surface area contributed by atoms with Crippen molar-refractivity contribution in [3.05, 3.63) is 0 Å². The van der Waals surface area contributed by atoms with Crippen LogP contribution in [0.15, 0.2) is 0 Å². The van der Waals surface area contributed by atoms with E-state index >= 15 is 0 Å². The molecule has 0 aliphatic heterocycles. The average Bonchev–Trinajstić information content (AvgIpc) is 2.94. The molecule has 0 amide bonds. The van der Waals surface area contributed by atoms with Gasteiger partial charge in [0.2, 0.25) is 8.59 Å². The number of rotatable bonds is 24. The smallest absolute Gasteiger partial charge is 0.300 e. The zero-order valence-electron chi connectivity index (χ0n) is 22.8. The predicted octanol–water partition coefficient (Wildman–Crippen LogP) is -5.06. The summed E-state index contributed by atoms with van der Waals surface area (Å²) in [5, 5.41) is 0. The maximum atomic E-state index is 12.0. The monoisotopic (exact) mass is 696 g/mol. The minimum absolute atomic E-state index is 0.869. The fraction of sp³-hybridized carbons (Fsp3) is 0.857. The largest absolute Gasteiger partial charge is 0.398 e. The molecule has 5 atom stereocenters. The first-order valence-corrected chi connectivity index (χ1v) is 15.8. The molecule has 0 spiro atoms. The van der Waals surface area contributed by atoms with Crippen molar-refractivity contribution in [2.75, 3.05) is 6.61 Å². The van der Waals surface area contributed by atoms with Gasteiger partial charge in [-0.3, -0.25) is 27.3 Å². The van der Waals surface area contributed by atoms with Crippen molar-refractivity contribution in [2.45, 2.75) is 30.5 Å². The van der Waals surface area contributed by atoms with E-state index in [4.69, 9.17) is 8.59 Å². The molecule has 0 aliphatic rings. The molecule has 25 nitrogen and oxygen atoms in total. The second-order valence-corrected chi connectivity index (χ2v) is 11.8. The summed E-state index contributed by atoms with van der Waals surface area (Å²) in [4.78, 5) is 11.7. The minimum Gasteiger partial charge on any atom is -0.300 e. The molecule has 0 rings (SSSR count). The van der Waals surface area contributed by atoms with Crippen LogP contribution in [0.3, 0.4) is 0 Å². The summed E-state index contributed by atoms with van der Waals surface area (Å²) >= 11 is 0. The Bertz CT molecular complexity index is 1590. The highest BCUT2D eigenvalue weighted by Gasteiger charge is 2.50. The maximum Gasteiger partial charge on any atom is 0.398 e. The van der Waals surface area contributed by atoms with E-state index in [0.29, 0.717) is 0 Å². The quantitative estimate of drug-likeness (QED) is 0.0406. The summed E-state index contributed by atoms with van der Waals surface area (Å²) in [5.74, 6) is 0. The van der Waals surface area contributed by atoms with Gasteiger partial charge in [0.05, 0.1) is 6.61 Å². The lowest BCUT2D eigenvalue weighted by molar-refractivity contribution is -0.129. The Morgan fingerprint density at radius 1 is 0.526 bits per heavy atom. The number of hydrogen-bond acceptors (Lipinski definition) is 25. The van der Waals surface area contributed by atoms with Crippen molar-refractivity contribution >= 4 is 68.7 Å². The third kappa shape index (κ3) is 17.5. The van der Waals surface area contributed by atoms with Crippen LogP contribution in [0, 0.1) is 0 Å². The Morgan fingerprint density at radius 3 is 1.32 bits per heavy atom. The molecular weight excluding hydrogens is 676 g/mol. The molecule has 0 aromatic carbocycles. The molecule has 0 aromatic rings. The summed E-state index contributed by atoms with van der Waals surface area (Å²) in [6, 6.07) is 0. The summed E-state index contributed by atoms with van der Waals surface area (Å²) < 4.78 is 223. The highest BCUT2D eigenvalue weighted by molar-refractivity contribution is 7.82. The topological polar surface area (TPSA) is 399 Å². The molecule has 0 fully saturated rings. The van der Waals surface area contributed by atoms with Crippen LogP contribution in [0.25, 0.3) is 8.59 Å². The Balaban J connectivity index is 7.95. The summed E-state index contributed by atoms with van der Waals surface area (Å²) in [6.07, 6.45) is -18.4. The van der Waals surface area contributed by atoms with Crippen LogP contribution >= 0.6 is 0 Å². The van der Waals surface area contributed by atoms with Gasteiger partial charge in [0.1, 0.15) is 24.4 Å². The lowest BCUT2D eigenvalue weighted by atomic mass is 10.00. The van der Waals surface area contributed by atoms with Gasteiger partial charge in [0.15, 0.2) is 12.4 Å². The van der Waals surface area contributed by atoms with E-state index < -0.39 is 106 Å². The Kier molecular flexibility index (Phi) is 9.29. The van der Waals surface area contributed by atoms with Crippen molar-refractivity contribution in [1.29, 1.82) is 8.59 Å². The van der Waals surface area contributed by atoms with Crippen molar-refractivity contribution in [1.82, 2.24) is 0 Å². The number of aldehydes is 1. The molecule has 0 saturated carbocycles. The lowest BCUT2D eigenvalue weighted by Crippen LogP contribution is -2.57. The van der Waals surface area contributed by atoms with Gasteiger partial charge in [-0.1, -0.05) is 0 Å². The predicted molar refractivity (Wildman–Crippen MR) is 106 cm³/mol.